The molecular formula is C18H24FNO3S. The van der Waals surface area contributed by atoms with Gasteiger partial charge in [0, 0.05) is 11.3 Å². The Hall–Kier alpha value is -1.56. The fraction of sp³-hybridized carbons (Fsp3) is 0.556. The third-order valence-electron chi connectivity index (χ3n) is 3.95. The lowest BCUT2D eigenvalue weighted by atomic mass is 10.1. The van der Waals surface area contributed by atoms with Gasteiger partial charge in [-0.2, -0.15) is 0 Å². The number of amides is 1. The average Bonchev–Trinajstić information content (AvgIpc) is 2.98. The van der Waals surface area contributed by atoms with Gasteiger partial charge in [-0.05, 0) is 31.0 Å². The molecule has 1 fully saturated rings. The van der Waals surface area contributed by atoms with Gasteiger partial charge in [0.1, 0.15) is 11.9 Å². The summed E-state index contributed by atoms with van der Waals surface area (Å²) in [6.07, 6.45) is 3.45. The van der Waals surface area contributed by atoms with Crippen molar-refractivity contribution in [2.45, 2.75) is 50.9 Å². The van der Waals surface area contributed by atoms with Crippen molar-refractivity contribution in [1.29, 1.82) is 0 Å². The van der Waals surface area contributed by atoms with Gasteiger partial charge in [-0.3, -0.25) is 4.79 Å². The van der Waals surface area contributed by atoms with Crippen molar-refractivity contribution in [1.82, 2.24) is 4.90 Å². The molecular weight excluding hydrogens is 329 g/mol. The Morgan fingerprint density at radius 3 is 2.79 bits per heavy atom. The largest absolute Gasteiger partial charge is 0.464 e. The van der Waals surface area contributed by atoms with E-state index in [1.807, 2.05) is 13.8 Å². The molecule has 2 rings (SSSR count). The maximum atomic E-state index is 13.5. The SMILES string of the molecule is CCCCOC(=O)[C@@H]1CS[C@H](CCC)N1C(=O)c1cccc(F)c1. The zero-order valence-corrected chi connectivity index (χ0v) is 15.0. The molecule has 1 aromatic carbocycles. The van der Waals surface area contributed by atoms with E-state index < -0.39 is 11.9 Å². The predicted octanol–water partition coefficient (Wildman–Crippen LogP) is 3.85. The number of carbonyl (C=O) groups is 2. The molecule has 0 saturated carbocycles. The molecule has 0 aliphatic carbocycles. The number of halogens is 1. The van der Waals surface area contributed by atoms with Crippen LogP contribution in [0.2, 0.25) is 0 Å². The van der Waals surface area contributed by atoms with Crippen molar-refractivity contribution in [3.05, 3.63) is 35.6 Å². The maximum Gasteiger partial charge on any atom is 0.329 e. The standard InChI is InChI=1S/C18H24FNO3S/c1-3-5-10-23-18(22)15-12-24-16(7-4-2)20(15)17(21)13-8-6-9-14(19)11-13/h6,8-9,11,15-16H,3-5,7,10,12H2,1-2H3/t15-,16+/m0/s1. The van der Waals surface area contributed by atoms with Gasteiger partial charge in [0.05, 0.1) is 12.0 Å². The summed E-state index contributed by atoms with van der Waals surface area (Å²) in [5.41, 5.74) is 0.268. The van der Waals surface area contributed by atoms with E-state index in [4.69, 9.17) is 4.74 Å². The first-order valence-electron chi connectivity index (χ1n) is 8.45. The lowest BCUT2D eigenvalue weighted by molar-refractivity contribution is -0.148. The molecule has 1 aliphatic rings. The van der Waals surface area contributed by atoms with E-state index in [9.17, 15) is 14.0 Å². The third kappa shape index (κ3) is 4.50. The number of esters is 1. The summed E-state index contributed by atoms with van der Waals surface area (Å²) in [5, 5.41) is -0.0745. The number of ether oxygens (including phenoxy) is 1. The molecule has 2 atom stereocenters. The van der Waals surface area contributed by atoms with Crippen LogP contribution in [0.4, 0.5) is 4.39 Å². The monoisotopic (exact) mass is 353 g/mol. The first-order chi connectivity index (χ1) is 11.6. The number of rotatable bonds is 7. The number of hydrogen-bond donors (Lipinski definition) is 0. The zero-order chi connectivity index (χ0) is 17.5. The average molecular weight is 353 g/mol. The summed E-state index contributed by atoms with van der Waals surface area (Å²) in [6, 6.07) is 5.01. The second kappa shape index (κ2) is 9.06. The number of unbranched alkanes of at least 4 members (excludes halogenated alkanes) is 1. The maximum absolute atomic E-state index is 13.5. The van der Waals surface area contributed by atoms with Crippen LogP contribution in [0, 0.1) is 5.82 Å². The molecule has 1 amide bonds. The van der Waals surface area contributed by atoms with Crippen LogP contribution in [-0.4, -0.2) is 40.6 Å². The second-order valence-electron chi connectivity index (χ2n) is 5.84. The summed E-state index contributed by atoms with van der Waals surface area (Å²) < 4.78 is 18.8. The lowest BCUT2D eigenvalue weighted by Crippen LogP contribution is -2.46. The fourth-order valence-electron chi connectivity index (χ4n) is 2.67. The zero-order valence-electron chi connectivity index (χ0n) is 14.2. The van der Waals surface area contributed by atoms with E-state index in [-0.39, 0.29) is 22.8 Å². The van der Waals surface area contributed by atoms with Gasteiger partial charge in [-0.25, -0.2) is 9.18 Å². The van der Waals surface area contributed by atoms with Crippen molar-refractivity contribution in [2.24, 2.45) is 0 Å². The Bertz CT molecular complexity index is 581. The van der Waals surface area contributed by atoms with Crippen LogP contribution < -0.4 is 0 Å². The Morgan fingerprint density at radius 2 is 2.12 bits per heavy atom. The minimum Gasteiger partial charge on any atom is -0.464 e. The van der Waals surface area contributed by atoms with Gasteiger partial charge in [0.2, 0.25) is 0 Å². The Kier molecular flexibility index (Phi) is 7.09. The molecule has 0 aromatic heterocycles. The summed E-state index contributed by atoms with van der Waals surface area (Å²) in [5.74, 6) is -0.604. The summed E-state index contributed by atoms with van der Waals surface area (Å²) in [7, 11) is 0. The molecule has 0 spiro atoms. The highest BCUT2D eigenvalue weighted by molar-refractivity contribution is 8.00. The molecule has 1 aliphatic heterocycles. The Balaban J connectivity index is 2.18. The molecule has 0 radical (unpaired) electrons. The van der Waals surface area contributed by atoms with Crippen LogP contribution in [0.3, 0.4) is 0 Å². The summed E-state index contributed by atoms with van der Waals surface area (Å²) >= 11 is 1.59. The van der Waals surface area contributed by atoms with Crippen LogP contribution in [-0.2, 0) is 9.53 Å². The Labute approximate surface area is 146 Å². The van der Waals surface area contributed by atoms with Crippen LogP contribution in [0.1, 0.15) is 49.9 Å². The van der Waals surface area contributed by atoms with Crippen molar-refractivity contribution in [2.75, 3.05) is 12.4 Å². The predicted molar refractivity (Wildman–Crippen MR) is 93.4 cm³/mol. The number of nitrogens with zero attached hydrogens (tertiary/aromatic N) is 1. The van der Waals surface area contributed by atoms with Crippen LogP contribution >= 0.6 is 11.8 Å². The smallest absolute Gasteiger partial charge is 0.329 e. The molecule has 0 unspecified atom stereocenters. The van der Waals surface area contributed by atoms with E-state index >= 15 is 0 Å². The van der Waals surface area contributed by atoms with Crippen LogP contribution in [0.25, 0.3) is 0 Å². The van der Waals surface area contributed by atoms with Gasteiger partial charge in [-0.15, -0.1) is 11.8 Å². The van der Waals surface area contributed by atoms with E-state index in [1.165, 1.54) is 18.2 Å². The van der Waals surface area contributed by atoms with Crippen molar-refractivity contribution >= 4 is 23.6 Å². The summed E-state index contributed by atoms with van der Waals surface area (Å²) in [4.78, 5) is 26.8. The molecule has 132 valence electrons. The normalized spacial score (nSPS) is 20.2. The van der Waals surface area contributed by atoms with Gasteiger partial charge >= 0.3 is 5.97 Å². The van der Waals surface area contributed by atoms with Crippen LogP contribution in [0.15, 0.2) is 24.3 Å². The van der Waals surface area contributed by atoms with Crippen molar-refractivity contribution in [3.8, 4) is 0 Å². The van der Waals surface area contributed by atoms with Gasteiger partial charge < -0.3 is 9.64 Å². The highest BCUT2D eigenvalue weighted by Gasteiger charge is 2.42. The van der Waals surface area contributed by atoms with E-state index in [0.717, 1.165) is 25.7 Å². The van der Waals surface area contributed by atoms with Gasteiger partial charge in [0.15, 0.2) is 0 Å². The quantitative estimate of drug-likeness (QED) is 0.552. The van der Waals surface area contributed by atoms with Crippen molar-refractivity contribution < 1.29 is 18.7 Å². The van der Waals surface area contributed by atoms with Gasteiger partial charge in [0.25, 0.3) is 5.91 Å². The highest BCUT2D eigenvalue weighted by Crippen LogP contribution is 2.34. The summed E-state index contributed by atoms with van der Waals surface area (Å²) in [6.45, 7) is 4.44. The number of thioether (sulfide) groups is 1. The number of carbonyl (C=O) groups excluding carboxylic acids is 2. The Morgan fingerprint density at radius 1 is 1.33 bits per heavy atom. The van der Waals surface area contributed by atoms with E-state index in [1.54, 1.807) is 22.7 Å². The second-order valence-corrected chi connectivity index (χ2v) is 7.05. The number of hydrogen-bond acceptors (Lipinski definition) is 4. The first-order valence-corrected chi connectivity index (χ1v) is 9.49. The first kappa shape index (κ1) is 18.8. The molecule has 1 heterocycles. The van der Waals surface area contributed by atoms with E-state index in [0.29, 0.717) is 12.4 Å². The topological polar surface area (TPSA) is 46.6 Å². The minimum atomic E-state index is -0.598. The molecule has 1 aromatic rings. The molecule has 6 heteroatoms. The minimum absolute atomic E-state index is 0.0745. The molecule has 24 heavy (non-hydrogen) atoms. The third-order valence-corrected chi connectivity index (χ3v) is 5.30. The molecule has 1 saturated heterocycles. The van der Waals surface area contributed by atoms with Crippen LogP contribution in [0.5, 0.6) is 0 Å². The molecule has 0 bridgehead atoms. The lowest BCUT2D eigenvalue weighted by Gasteiger charge is -2.28. The molecule has 4 nitrogen and oxygen atoms in total. The highest BCUT2D eigenvalue weighted by atomic mass is 32.2. The molecule has 0 N–H and O–H groups in total. The van der Waals surface area contributed by atoms with Gasteiger partial charge in [-0.1, -0.05) is 32.8 Å². The van der Waals surface area contributed by atoms with E-state index in [2.05, 4.69) is 0 Å². The fourth-order valence-corrected chi connectivity index (χ4v) is 4.18. The number of benzene rings is 1. The van der Waals surface area contributed by atoms with Crippen molar-refractivity contribution in [3.63, 3.8) is 0 Å².